The lowest BCUT2D eigenvalue weighted by Crippen LogP contribution is -2.17. The molecule has 1 saturated carbocycles. The lowest BCUT2D eigenvalue weighted by Gasteiger charge is -2.08. The molecule has 6 rings (SSSR count). The van der Waals surface area contributed by atoms with E-state index in [1.165, 1.54) is 24.5 Å². The van der Waals surface area contributed by atoms with Gasteiger partial charge in [0.1, 0.15) is 17.3 Å². The minimum Gasteiger partial charge on any atom is -0.493 e. The number of aromatic nitrogens is 3. The summed E-state index contributed by atoms with van der Waals surface area (Å²) in [5, 5.41) is 5.61. The normalized spacial score (nSPS) is 14.4. The molecule has 1 fully saturated rings. The van der Waals surface area contributed by atoms with E-state index in [9.17, 15) is 9.28 Å². The number of aryl methyl sites for hydroxylation is 1. The van der Waals surface area contributed by atoms with Crippen LogP contribution in [0.4, 0.5) is 10.3 Å². The van der Waals surface area contributed by atoms with Gasteiger partial charge in [0.15, 0.2) is 0 Å². The Balaban J connectivity index is 0.000000151. The van der Waals surface area contributed by atoms with E-state index in [4.69, 9.17) is 15.2 Å². The number of carbonyl (C=O) groups excluding carboxylic acids is 1. The molecule has 170 valence electrons. The fraction of sp³-hybridized carbons (Fsp3) is 0.292. The fourth-order valence-corrected chi connectivity index (χ4v) is 3.87. The number of fused-ring (bicyclic) bond motifs is 4. The summed E-state index contributed by atoms with van der Waals surface area (Å²) in [6.07, 6.45) is 5.54. The summed E-state index contributed by atoms with van der Waals surface area (Å²) in [6.45, 7) is 0.822. The van der Waals surface area contributed by atoms with Crippen molar-refractivity contribution in [1.82, 2.24) is 19.9 Å². The van der Waals surface area contributed by atoms with Crippen LogP contribution in [0.3, 0.4) is 0 Å². The second-order valence-electron chi connectivity index (χ2n) is 8.23. The van der Waals surface area contributed by atoms with Gasteiger partial charge in [-0.3, -0.25) is 9.48 Å². The van der Waals surface area contributed by atoms with Crippen molar-refractivity contribution in [2.75, 3.05) is 19.4 Å². The second-order valence-corrected chi connectivity index (χ2v) is 8.23. The number of nitrogen functional groups attached to an aromatic ring is 1. The van der Waals surface area contributed by atoms with E-state index in [1.807, 2.05) is 12.1 Å². The molecule has 2 aliphatic rings. The number of amides is 1. The molecule has 33 heavy (non-hydrogen) atoms. The molecule has 1 aliphatic heterocycles. The SMILES string of the molecule is CN(F)C(=O)c1ccc2nc(N)c3cnn(C)c3c2c1.c1cc2c(cc1OC1CC1)OCC2. The van der Waals surface area contributed by atoms with Crippen LogP contribution >= 0.6 is 0 Å². The highest BCUT2D eigenvalue weighted by Crippen LogP contribution is 2.33. The molecule has 0 atom stereocenters. The van der Waals surface area contributed by atoms with E-state index in [1.54, 1.807) is 30.1 Å². The topological polar surface area (TPSA) is 95.5 Å². The number of rotatable bonds is 3. The average Bonchev–Trinajstić information content (AvgIpc) is 3.33. The molecule has 8 nitrogen and oxygen atoms in total. The molecule has 0 saturated heterocycles. The number of anilines is 1. The van der Waals surface area contributed by atoms with E-state index < -0.39 is 5.91 Å². The summed E-state index contributed by atoms with van der Waals surface area (Å²) in [7, 11) is 2.84. The highest BCUT2D eigenvalue weighted by atomic mass is 19.2. The lowest BCUT2D eigenvalue weighted by molar-refractivity contribution is 0.0343. The Morgan fingerprint density at radius 1 is 1.24 bits per heavy atom. The molecule has 0 radical (unpaired) electrons. The Labute approximate surface area is 189 Å². The maximum Gasteiger partial charge on any atom is 0.281 e. The van der Waals surface area contributed by atoms with Crippen LogP contribution in [0, 0.1) is 0 Å². The van der Waals surface area contributed by atoms with Crippen LogP contribution < -0.4 is 15.2 Å². The first-order valence-electron chi connectivity index (χ1n) is 10.8. The number of halogens is 1. The number of hydrogen-bond donors (Lipinski definition) is 1. The van der Waals surface area contributed by atoms with Crippen molar-refractivity contribution in [1.29, 1.82) is 0 Å². The summed E-state index contributed by atoms with van der Waals surface area (Å²) in [5.41, 5.74) is 8.84. The Hall–Kier alpha value is -3.88. The molecule has 2 aromatic carbocycles. The minimum atomic E-state index is -0.709. The van der Waals surface area contributed by atoms with Crippen LogP contribution in [0.25, 0.3) is 21.8 Å². The number of hydrogen-bond acceptors (Lipinski definition) is 6. The first-order valence-corrected chi connectivity index (χ1v) is 10.8. The molecule has 1 amide bonds. The van der Waals surface area contributed by atoms with Gasteiger partial charge >= 0.3 is 0 Å². The first-order chi connectivity index (χ1) is 15.9. The molecule has 9 heteroatoms. The molecule has 4 aromatic rings. The van der Waals surface area contributed by atoms with Gasteiger partial charge < -0.3 is 15.2 Å². The van der Waals surface area contributed by atoms with Gasteiger partial charge in [-0.05, 0) is 42.7 Å². The van der Waals surface area contributed by atoms with Crippen LogP contribution in [-0.4, -0.2) is 45.6 Å². The van der Waals surface area contributed by atoms with Gasteiger partial charge in [0, 0.05) is 37.5 Å². The maximum atomic E-state index is 13.0. The van der Waals surface area contributed by atoms with Crippen LogP contribution in [0.1, 0.15) is 28.8 Å². The number of nitrogens with two attached hydrogens (primary N) is 1. The van der Waals surface area contributed by atoms with Gasteiger partial charge in [-0.25, -0.2) is 4.98 Å². The zero-order chi connectivity index (χ0) is 23.1. The third kappa shape index (κ3) is 4.13. The quantitative estimate of drug-likeness (QED) is 0.478. The van der Waals surface area contributed by atoms with Crippen molar-refractivity contribution in [2.45, 2.75) is 25.4 Å². The van der Waals surface area contributed by atoms with E-state index in [0.29, 0.717) is 28.2 Å². The zero-order valence-corrected chi connectivity index (χ0v) is 18.4. The Morgan fingerprint density at radius 3 is 2.82 bits per heavy atom. The fourth-order valence-electron chi connectivity index (χ4n) is 3.87. The van der Waals surface area contributed by atoms with Crippen LogP contribution in [0.2, 0.25) is 0 Å². The van der Waals surface area contributed by atoms with Gasteiger partial charge in [-0.2, -0.15) is 10.2 Å². The Kier molecular flexibility index (Phi) is 5.24. The van der Waals surface area contributed by atoms with Gasteiger partial charge in [0.05, 0.1) is 35.3 Å². The molecular formula is C24H24FN5O3. The first kappa shape index (κ1) is 21.0. The standard InChI is InChI=1S/C13H12FN5O.C11H12O2/c1-18(14)13(20)7-3-4-10-8(5-7)11-9(12(15)17-10)6-16-19(11)2;1-2-10(13-9-3-4-9)7-11-8(1)5-6-12-11/h3-6H,1-2H3,(H2,15,17);1-2,7,9H,3-6H2. The van der Waals surface area contributed by atoms with Crippen molar-refractivity contribution in [3.05, 3.63) is 53.7 Å². The van der Waals surface area contributed by atoms with Gasteiger partial charge in [-0.1, -0.05) is 10.5 Å². The van der Waals surface area contributed by atoms with Crippen molar-refractivity contribution in [2.24, 2.45) is 7.05 Å². The molecule has 3 heterocycles. The molecule has 2 N–H and O–H groups in total. The summed E-state index contributed by atoms with van der Waals surface area (Å²) in [5.74, 6) is 1.64. The van der Waals surface area contributed by atoms with Gasteiger partial charge in [-0.15, -0.1) is 0 Å². The largest absolute Gasteiger partial charge is 0.493 e. The molecule has 0 spiro atoms. The number of ether oxygens (including phenoxy) is 2. The smallest absolute Gasteiger partial charge is 0.281 e. The Morgan fingerprint density at radius 2 is 2.06 bits per heavy atom. The summed E-state index contributed by atoms with van der Waals surface area (Å²) < 4.78 is 25.8. The zero-order valence-electron chi connectivity index (χ0n) is 18.4. The monoisotopic (exact) mass is 449 g/mol. The van der Waals surface area contributed by atoms with Gasteiger partial charge in [0.25, 0.3) is 5.91 Å². The summed E-state index contributed by atoms with van der Waals surface area (Å²) >= 11 is 0. The van der Waals surface area contributed by atoms with Crippen molar-refractivity contribution in [3.63, 3.8) is 0 Å². The number of nitrogens with zero attached hydrogens (tertiary/aromatic N) is 4. The molecule has 0 unspecified atom stereocenters. The van der Waals surface area contributed by atoms with Crippen molar-refractivity contribution >= 4 is 33.5 Å². The van der Waals surface area contributed by atoms with E-state index in [-0.39, 0.29) is 10.7 Å². The predicted molar refractivity (Wildman–Crippen MR) is 123 cm³/mol. The van der Waals surface area contributed by atoms with E-state index in [2.05, 4.69) is 16.1 Å². The highest BCUT2D eigenvalue weighted by molar-refractivity contribution is 6.10. The highest BCUT2D eigenvalue weighted by Gasteiger charge is 2.24. The van der Waals surface area contributed by atoms with Crippen LogP contribution in [0.15, 0.2) is 42.6 Å². The van der Waals surface area contributed by atoms with Crippen molar-refractivity contribution < 1.29 is 18.7 Å². The van der Waals surface area contributed by atoms with Crippen LogP contribution in [-0.2, 0) is 13.5 Å². The number of benzene rings is 2. The van der Waals surface area contributed by atoms with Crippen molar-refractivity contribution in [3.8, 4) is 11.5 Å². The molecule has 1 aliphatic carbocycles. The Bertz CT molecular complexity index is 1360. The lowest BCUT2D eigenvalue weighted by atomic mass is 10.1. The molecular weight excluding hydrogens is 425 g/mol. The third-order valence-corrected chi connectivity index (χ3v) is 5.73. The number of carbonyl (C=O) groups is 1. The molecule has 2 aromatic heterocycles. The van der Waals surface area contributed by atoms with Crippen LogP contribution in [0.5, 0.6) is 11.5 Å². The predicted octanol–water partition coefficient (Wildman–Crippen LogP) is 3.82. The van der Waals surface area contributed by atoms with E-state index >= 15 is 0 Å². The average molecular weight is 449 g/mol. The minimum absolute atomic E-state index is 0.0480. The second kappa shape index (κ2) is 8.23. The maximum absolute atomic E-state index is 13.0. The number of pyridine rings is 1. The van der Waals surface area contributed by atoms with Gasteiger partial charge in [0.2, 0.25) is 0 Å². The van der Waals surface area contributed by atoms with E-state index in [0.717, 1.165) is 37.1 Å². The summed E-state index contributed by atoms with van der Waals surface area (Å²) in [4.78, 5) is 16.0. The third-order valence-electron chi connectivity index (χ3n) is 5.73. The summed E-state index contributed by atoms with van der Waals surface area (Å²) in [6, 6.07) is 10.9. The molecule has 0 bridgehead atoms.